The summed E-state index contributed by atoms with van der Waals surface area (Å²) in [5.41, 5.74) is 0.0750. The lowest BCUT2D eigenvalue weighted by atomic mass is 9.62. The number of ketones is 1. The molecule has 0 spiro atoms. The molecule has 3 rings (SSSR count). The van der Waals surface area contributed by atoms with Crippen LogP contribution in [0.1, 0.15) is 75.1 Å². The van der Waals surface area contributed by atoms with E-state index in [2.05, 4.69) is 13.8 Å². The zero-order valence-electron chi connectivity index (χ0n) is 14.3. The highest BCUT2D eigenvalue weighted by Gasteiger charge is 2.53. The van der Waals surface area contributed by atoms with Gasteiger partial charge in [-0.3, -0.25) is 4.79 Å². The molecule has 1 aromatic heterocycles. The highest BCUT2D eigenvalue weighted by molar-refractivity contribution is 5.86. The van der Waals surface area contributed by atoms with Crippen LogP contribution in [0.3, 0.4) is 0 Å². The number of esters is 1. The van der Waals surface area contributed by atoms with Crippen molar-refractivity contribution in [1.29, 1.82) is 0 Å². The van der Waals surface area contributed by atoms with Gasteiger partial charge in [0.05, 0.1) is 6.61 Å². The molecule has 4 nitrogen and oxygen atoms in total. The summed E-state index contributed by atoms with van der Waals surface area (Å²) in [6, 6.07) is 3.59. The summed E-state index contributed by atoms with van der Waals surface area (Å²) in [7, 11) is 0. The summed E-state index contributed by atoms with van der Waals surface area (Å²) in [6.45, 7) is 6.56. The van der Waals surface area contributed by atoms with Crippen LogP contribution in [0.4, 0.5) is 0 Å². The molecule has 4 atom stereocenters. The standard InChI is InChI=1S/C19H26O4/c1-4-22-18(21)17-10-9-16(23-17)12(2)13-7-8-14-15(20)6-5-11-19(13,14)3/h9-10,12-14H,4-8,11H2,1-3H3/t12-,13+,14-,19+/m0/s1. The minimum atomic E-state index is -0.408. The van der Waals surface area contributed by atoms with Crippen LogP contribution < -0.4 is 0 Å². The van der Waals surface area contributed by atoms with Crippen LogP contribution in [0.5, 0.6) is 0 Å². The molecule has 0 unspecified atom stereocenters. The maximum Gasteiger partial charge on any atom is 0.374 e. The monoisotopic (exact) mass is 318 g/mol. The van der Waals surface area contributed by atoms with Gasteiger partial charge >= 0.3 is 5.97 Å². The molecule has 0 aromatic carbocycles. The molecule has 1 heterocycles. The minimum absolute atomic E-state index is 0.0750. The summed E-state index contributed by atoms with van der Waals surface area (Å²) in [4.78, 5) is 24.0. The van der Waals surface area contributed by atoms with Gasteiger partial charge in [0.1, 0.15) is 11.5 Å². The Morgan fingerprint density at radius 2 is 2.22 bits per heavy atom. The van der Waals surface area contributed by atoms with Gasteiger partial charge in [-0.15, -0.1) is 0 Å². The zero-order chi connectivity index (χ0) is 16.6. The Morgan fingerprint density at radius 3 is 2.96 bits per heavy atom. The molecular formula is C19H26O4. The van der Waals surface area contributed by atoms with Crippen molar-refractivity contribution in [3.8, 4) is 0 Å². The molecule has 1 aromatic rings. The molecule has 0 radical (unpaired) electrons. The third-order valence-electron chi connectivity index (χ3n) is 6.09. The summed E-state index contributed by atoms with van der Waals surface area (Å²) in [5.74, 6) is 1.99. The lowest BCUT2D eigenvalue weighted by molar-refractivity contribution is -0.129. The van der Waals surface area contributed by atoms with Crippen molar-refractivity contribution in [3.05, 3.63) is 23.7 Å². The average Bonchev–Trinajstić information content (AvgIpc) is 3.12. The molecule has 126 valence electrons. The van der Waals surface area contributed by atoms with Crippen LogP contribution in [0.2, 0.25) is 0 Å². The van der Waals surface area contributed by atoms with Gasteiger partial charge in [-0.25, -0.2) is 4.79 Å². The van der Waals surface area contributed by atoms with Gasteiger partial charge in [0.2, 0.25) is 5.76 Å². The van der Waals surface area contributed by atoms with Gasteiger partial charge in [-0.05, 0) is 56.1 Å². The molecule has 2 aliphatic carbocycles. The molecule has 0 amide bonds. The fourth-order valence-electron chi connectivity index (χ4n) is 4.90. The second kappa shape index (κ2) is 6.14. The number of hydrogen-bond acceptors (Lipinski definition) is 4. The molecule has 2 fully saturated rings. The Balaban J connectivity index is 1.79. The summed E-state index contributed by atoms with van der Waals surface area (Å²) in [6.07, 6.45) is 4.92. The fourth-order valence-corrected chi connectivity index (χ4v) is 4.90. The van der Waals surface area contributed by atoms with E-state index in [0.717, 1.165) is 37.9 Å². The average molecular weight is 318 g/mol. The summed E-state index contributed by atoms with van der Waals surface area (Å²) >= 11 is 0. The topological polar surface area (TPSA) is 56.5 Å². The zero-order valence-corrected chi connectivity index (χ0v) is 14.3. The Labute approximate surface area is 137 Å². The van der Waals surface area contributed by atoms with E-state index in [1.165, 1.54) is 0 Å². The van der Waals surface area contributed by atoms with Crippen LogP contribution in [-0.2, 0) is 9.53 Å². The van der Waals surface area contributed by atoms with Crippen LogP contribution >= 0.6 is 0 Å². The number of hydrogen-bond donors (Lipinski definition) is 0. The molecule has 0 aliphatic heterocycles. The minimum Gasteiger partial charge on any atom is -0.460 e. The predicted octanol–water partition coefficient (Wildman–Crippen LogP) is 4.35. The summed E-state index contributed by atoms with van der Waals surface area (Å²) < 4.78 is 10.8. The Hall–Kier alpha value is -1.58. The van der Waals surface area contributed by atoms with E-state index in [0.29, 0.717) is 18.3 Å². The maximum absolute atomic E-state index is 12.3. The Bertz CT molecular complexity index is 602. The lowest BCUT2D eigenvalue weighted by Gasteiger charge is -2.41. The van der Waals surface area contributed by atoms with E-state index in [-0.39, 0.29) is 23.0 Å². The van der Waals surface area contributed by atoms with Crippen molar-refractivity contribution in [2.45, 2.75) is 58.8 Å². The largest absolute Gasteiger partial charge is 0.460 e. The highest BCUT2D eigenvalue weighted by atomic mass is 16.5. The van der Waals surface area contributed by atoms with Crippen molar-refractivity contribution in [2.24, 2.45) is 17.3 Å². The van der Waals surface area contributed by atoms with E-state index >= 15 is 0 Å². The van der Waals surface area contributed by atoms with Gasteiger partial charge < -0.3 is 9.15 Å². The number of furan rings is 1. The first kappa shape index (κ1) is 16.3. The molecule has 0 bridgehead atoms. The first-order chi connectivity index (χ1) is 11.0. The van der Waals surface area contributed by atoms with Gasteiger partial charge in [-0.2, -0.15) is 0 Å². The first-order valence-electron chi connectivity index (χ1n) is 8.77. The maximum atomic E-state index is 12.3. The number of carbonyl (C=O) groups excluding carboxylic acids is 2. The van der Waals surface area contributed by atoms with Crippen molar-refractivity contribution in [2.75, 3.05) is 6.61 Å². The van der Waals surface area contributed by atoms with Gasteiger partial charge in [-0.1, -0.05) is 13.8 Å². The number of fused-ring (bicyclic) bond motifs is 1. The van der Waals surface area contributed by atoms with Crippen molar-refractivity contribution in [3.63, 3.8) is 0 Å². The van der Waals surface area contributed by atoms with Gasteiger partial charge in [0.15, 0.2) is 0 Å². The number of ether oxygens (including phenoxy) is 1. The second-order valence-corrected chi connectivity index (χ2v) is 7.27. The van der Waals surface area contributed by atoms with Crippen LogP contribution in [0.25, 0.3) is 0 Å². The molecule has 0 N–H and O–H groups in total. The first-order valence-corrected chi connectivity index (χ1v) is 8.77. The van der Waals surface area contributed by atoms with Crippen molar-refractivity contribution < 1.29 is 18.7 Å². The molecule has 2 saturated carbocycles. The van der Waals surface area contributed by atoms with E-state index in [1.807, 2.05) is 6.07 Å². The third-order valence-corrected chi connectivity index (χ3v) is 6.09. The van der Waals surface area contributed by atoms with E-state index in [1.54, 1.807) is 13.0 Å². The normalized spacial score (nSPS) is 31.7. The third kappa shape index (κ3) is 2.73. The van der Waals surface area contributed by atoms with Gasteiger partial charge in [0.25, 0.3) is 0 Å². The Morgan fingerprint density at radius 1 is 1.43 bits per heavy atom. The number of rotatable bonds is 4. The number of carbonyl (C=O) groups is 2. The predicted molar refractivity (Wildman–Crippen MR) is 86.3 cm³/mol. The van der Waals surface area contributed by atoms with Crippen LogP contribution in [0.15, 0.2) is 16.5 Å². The highest BCUT2D eigenvalue weighted by Crippen LogP contribution is 2.58. The fraction of sp³-hybridized carbons (Fsp3) is 0.684. The van der Waals surface area contributed by atoms with E-state index < -0.39 is 5.97 Å². The van der Waals surface area contributed by atoms with Crippen LogP contribution in [-0.4, -0.2) is 18.4 Å². The van der Waals surface area contributed by atoms with E-state index in [4.69, 9.17) is 9.15 Å². The summed E-state index contributed by atoms with van der Waals surface area (Å²) in [5, 5.41) is 0. The lowest BCUT2D eigenvalue weighted by Crippen LogP contribution is -2.38. The van der Waals surface area contributed by atoms with Crippen molar-refractivity contribution in [1.82, 2.24) is 0 Å². The quantitative estimate of drug-likeness (QED) is 0.775. The van der Waals surface area contributed by atoms with Crippen molar-refractivity contribution >= 4 is 11.8 Å². The van der Waals surface area contributed by atoms with Crippen LogP contribution in [0, 0.1) is 17.3 Å². The smallest absolute Gasteiger partial charge is 0.374 e. The second-order valence-electron chi connectivity index (χ2n) is 7.27. The van der Waals surface area contributed by atoms with Gasteiger partial charge in [0, 0.05) is 18.3 Å². The molecular weight excluding hydrogens is 292 g/mol. The molecule has 23 heavy (non-hydrogen) atoms. The van der Waals surface area contributed by atoms with E-state index in [9.17, 15) is 9.59 Å². The molecule has 4 heteroatoms. The molecule has 0 saturated heterocycles. The number of Topliss-reactive ketones (excluding diaryl/α,β-unsaturated/α-hetero) is 1. The Kier molecular flexibility index (Phi) is 4.35. The SMILES string of the molecule is CCOC(=O)c1ccc([C@@H](C)[C@H]2CC[C@H]3C(=O)CCC[C@]23C)o1. The molecule has 2 aliphatic rings.